The highest BCUT2D eigenvalue weighted by atomic mass is 79.9. The van der Waals surface area contributed by atoms with Crippen molar-refractivity contribution in [3.63, 3.8) is 0 Å². The van der Waals surface area contributed by atoms with E-state index in [-0.39, 0.29) is 18.4 Å². The van der Waals surface area contributed by atoms with Gasteiger partial charge in [-0.2, -0.15) is 0 Å². The number of benzene rings is 1. The van der Waals surface area contributed by atoms with E-state index >= 15 is 0 Å². The van der Waals surface area contributed by atoms with Gasteiger partial charge in [0, 0.05) is 28.9 Å². The van der Waals surface area contributed by atoms with Crippen LogP contribution in [0.5, 0.6) is 0 Å². The van der Waals surface area contributed by atoms with Crippen LogP contribution in [0.4, 0.5) is 0 Å². The third kappa shape index (κ3) is 2.94. The molecule has 114 valence electrons. The molecule has 1 fully saturated rings. The molecule has 1 aromatic carbocycles. The summed E-state index contributed by atoms with van der Waals surface area (Å²) in [5.41, 5.74) is 0.970. The van der Waals surface area contributed by atoms with Gasteiger partial charge >= 0.3 is 5.97 Å². The predicted octanol–water partition coefficient (Wildman–Crippen LogP) is 3.45. The quantitative estimate of drug-likeness (QED) is 0.888. The van der Waals surface area contributed by atoms with E-state index in [1.807, 2.05) is 35.7 Å². The summed E-state index contributed by atoms with van der Waals surface area (Å²) >= 11 is 4.70. The summed E-state index contributed by atoms with van der Waals surface area (Å²) in [5.74, 6) is -1.67. The lowest BCUT2D eigenvalue weighted by atomic mass is 9.89. The third-order valence-electron chi connectivity index (χ3n) is 3.93. The van der Waals surface area contributed by atoms with Crippen LogP contribution in [0.2, 0.25) is 0 Å². The normalized spacial score (nSPS) is 21.0. The predicted molar refractivity (Wildman–Crippen MR) is 88.2 cm³/mol. The van der Waals surface area contributed by atoms with Crippen molar-refractivity contribution in [1.29, 1.82) is 0 Å². The van der Waals surface area contributed by atoms with Gasteiger partial charge in [0.25, 0.3) is 5.91 Å². The van der Waals surface area contributed by atoms with Crippen molar-refractivity contribution in [3.8, 4) is 0 Å². The molecule has 0 spiro atoms. The van der Waals surface area contributed by atoms with Crippen LogP contribution >= 0.6 is 27.3 Å². The first-order valence-corrected chi connectivity index (χ1v) is 8.54. The third-order valence-corrected chi connectivity index (χ3v) is 5.61. The molecule has 1 N–H and O–H groups in total. The highest BCUT2D eigenvalue weighted by Gasteiger charge is 2.40. The van der Waals surface area contributed by atoms with E-state index in [2.05, 4.69) is 15.9 Å². The van der Waals surface area contributed by atoms with Gasteiger partial charge in [0.15, 0.2) is 0 Å². The minimum atomic E-state index is -0.850. The van der Waals surface area contributed by atoms with E-state index in [9.17, 15) is 14.7 Å². The Kier molecular flexibility index (Phi) is 4.31. The van der Waals surface area contributed by atoms with Crippen molar-refractivity contribution in [1.82, 2.24) is 4.90 Å². The lowest BCUT2D eigenvalue weighted by molar-refractivity contribution is -0.141. The van der Waals surface area contributed by atoms with E-state index in [0.717, 1.165) is 10.0 Å². The monoisotopic (exact) mass is 379 g/mol. The maximum atomic E-state index is 12.5. The number of carboxylic acid groups (broad SMARTS) is 1. The fourth-order valence-corrected chi connectivity index (χ4v) is 4.23. The van der Waals surface area contributed by atoms with Gasteiger partial charge in [-0.15, -0.1) is 11.3 Å². The summed E-state index contributed by atoms with van der Waals surface area (Å²) in [6.07, 6.45) is 0. The molecule has 1 saturated heterocycles. The molecule has 1 amide bonds. The number of carbonyl (C=O) groups is 2. The van der Waals surface area contributed by atoms with Gasteiger partial charge < -0.3 is 10.0 Å². The number of aliphatic carboxylic acids is 1. The number of carboxylic acids is 1. The summed E-state index contributed by atoms with van der Waals surface area (Å²) in [6, 6.07) is 11.3. The molecule has 1 aliphatic rings. The Morgan fingerprint density at radius 1 is 1.23 bits per heavy atom. The SMILES string of the molecule is O=C(O)C1CN(C(=O)c2cc(Br)cs2)CC1c1ccccc1. The zero-order valence-corrected chi connectivity index (χ0v) is 14.0. The van der Waals surface area contributed by atoms with E-state index in [4.69, 9.17) is 0 Å². The molecule has 4 nitrogen and oxygen atoms in total. The molecule has 2 atom stereocenters. The van der Waals surface area contributed by atoms with E-state index < -0.39 is 11.9 Å². The number of nitrogens with zero attached hydrogens (tertiary/aromatic N) is 1. The van der Waals surface area contributed by atoms with E-state index in [0.29, 0.717) is 11.4 Å². The highest BCUT2D eigenvalue weighted by Crippen LogP contribution is 2.34. The first-order chi connectivity index (χ1) is 10.6. The zero-order valence-electron chi connectivity index (χ0n) is 11.6. The molecule has 3 rings (SSSR count). The number of likely N-dealkylation sites (tertiary alicyclic amines) is 1. The minimum absolute atomic E-state index is 0.0969. The Morgan fingerprint density at radius 2 is 1.95 bits per heavy atom. The Bertz CT molecular complexity index is 700. The Hall–Kier alpha value is -1.66. The number of hydrogen-bond acceptors (Lipinski definition) is 3. The lowest BCUT2D eigenvalue weighted by Gasteiger charge is -2.15. The standard InChI is InChI=1S/C16H14BrNO3S/c17-11-6-14(22-9-11)15(19)18-7-12(13(8-18)16(20)21)10-4-2-1-3-5-10/h1-6,9,12-13H,7-8H2,(H,20,21). The summed E-state index contributed by atoms with van der Waals surface area (Å²) < 4.78 is 0.870. The first-order valence-electron chi connectivity index (χ1n) is 6.87. The molecule has 2 aromatic rings. The van der Waals surface area contributed by atoms with Crippen LogP contribution in [0.1, 0.15) is 21.2 Å². The van der Waals surface area contributed by atoms with E-state index in [1.54, 1.807) is 11.0 Å². The molecule has 0 bridgehead atoms. The summed E-state index contributed by atoms with van der Waals surface area (Å²) in [5, 5.41) is 11.3. The number of hydrogen-bond donors (Lipinski definition) is 1. The lowest BCUT2D eigenvalue weighted by Crippen LogP contribution is -2.29. The van der Waals surface area contributed by atoms with Gasteiger partial charge in [0.05, 0.1) is 10.8 Å². The Balaban J connectivity index is 1.84. The van der Waals surface area contributed by atoms with Gasteiger partial charge in [0.2, 0.25) is 0 Å². The van der Waals surface area contributed by atoms with Gasteiger partial charge in [0.1, 0.15) is 0 Å². The van der Waals surface area contributed by atoms with Crippen LogP contribution in [0, 0.1) is 5.92 Å². The maximum Gasteiger partial charge on any atom is 0.308 e. The zero-order chi connectivity index (χ0) is 15.7. The molecule has 1 aliphatic heterocycles. The van der Waals surface area contributed by atoms with Crippen molar-refractivity contribution in [3.05, 3.63) is 56.7 Å². The molecule has 1 aromatic heterocycles. The number of rotatable bonds is 3. The Labute approximate surface area is 140 Å². The second-order valence-corrected chi connectivity index (χ2v) is 7.13. The van der Waals surface area contributed by atoms with Crippen molar-refractivity contribution in [2.75, 3.05) is 13.1 Å². The molecule has 6 heteroatoms. The van der Waals surface area contributed by atoms with Gasteiger partial charge in [-0.05, 0) is 27.6 Å². The van der Waals surface area contributed by atoms with Crippen LogP contribution in [0.3, 0.4) is 0 Å². The smallest absolute Gasteiger partial charge is 0.308 e. The topological polar surface area (TPSA) is 57.6 Å². The molecular formula is C16H14BrNO3S. The highest BCUT2D eigenvalue weighted by molar-refractivity contribution is 9.10. The van der Waals surface area contributed by atoms with Gasteiger partial charge in [-0.3, -0.25) is 9.59 Å². The second kappa shape index (κ2) is 6.22. The number of thiophene rings is 1. The number of carbonyl (C=O) groups excluding carboxylic acids is 1. The molecule has 22 heavy (non-hydrogen) atoms. The fraction of sp³-hybridized carbons (Fsp3) is 0.250. The molecule has 0 aliphatic carbocycles. The summed E-state index contributed by atoms with van der Waals surface area (Å²) in [6.45, 7) is 0.693. The van der Waals surface area contributed by atoms with Crippen LogP contribution < -0.4 is 0 Å². The van der Waals surface area contributed by atoms with Crippen LogP contribution in [0.25, 0.3) is 0 Å². The van der Waals surface area contributed by atoms with Crippen molar-refractivity contribution in [2.45, 2.75) is 5.92 Å². The van der Waals surface area contributed by atoms with E-state index in [1.165, 1.54) is 11.3 Å². The average Bonchev–Trinajstić information content (AvgIpc) is 3.14. The Morgan fingerprint density at radius 3 is 2.55 bits per heavy atom. The summed E-state index contributed by atoms with van der Waals surface area (Å²) in [4.78, 5) is 26.4. The van der Waals surface area contributed by atoms with Crippen LogP contribution in [-0.4, -0.2) is 35.0 Å². The average molecular weight is 380 g/mol. The fourth-order valence-electron chi connectivity index (χ4n) is 2.84. The van der Waals surface area contributed by atoms with Crippen molar-refractivity contribution >= 4 is 39.1 Å². The molecule has 0 saturated carbocycles. The molecule has 0 radical (unpaired) electrons. The molecule has 2 heterocycles. The van der Waals surface area contributed by atoms with Gasteiger partial charge in [-0.25, -0.2) is 0 Å². The number of halogens is 1. The maximum absolute atomic E-state index is 12.5. The second-order valence-electron chi connectivity index (χ2n) is 5.30. The van der Waals surface area contributed by atoms with Crippen molar-refractivity contribution in [2.24, 2.45) is 5.92 Å². The molecular weight excluding hydrogens is 366 g/mol. The first kappa shape index (κ1) is 15.2. The van der Waals surface area contributed by atoms with Crippen LogP contribution in [0.15, 0.2) is 46.3 Å². The largest absolute Gasteiger partial charge is 0.481 e. The van der Waals surface area contributed by atoms with Crippen molar-refractivity contribution < 1.29 is 14.7 Å². The summed E-state index contributed by atoms with van der Waals surface area (Å²) in [7, 11) is 0. The van der Waals surface area contributed by atoms with Gasteiger partial charge in [-0.1, -0.05) is 30.3 Å². The van der Waals surface area contributed by atoms with Crippen LogP contribution in [-0.2, 0) is 4.79 Å². The minimum Gasteiger partial charge on any atom is -0.481 e. The molecule has 2 unspecified atom stereocenters. The number of amides is 1.